The molecule has 0 aliphatic heterocycles. The summed E-state index contributed by atoms with van der Waals surface area (Å²) in [7, 11) is 0. The van der Waals surface area contributed by atoms with Crippen LogP contribution in [0, 0.1) is 0 Å². The van der Waals surface area contributed by atoms with Crippen molar-refractivity contribution in [3.05, 3.63) is 59.2 Å². The molecule has 2 aromatic rings. The highest BCUT2D eigenvalue weighted by Gasteiger charge is 2.11. The van der Waals surface area contributed by atoms with Gasteiger partial charge < -0.3 is 20.7 Å². The molecule has 0 aliphatic carbocycles. The quantitative estimate of drug-likeness (QED) is 0.725. The van der Waals surface area contributed by atoms with Crippen LogP contribution in [0.5, 0.6) is 5.75 Å². The highest BCUT2D eigenvalue weighted by Crippen LogP contribution is 2.23. The summed E-state index contributed by atoms with van der Waals surface area (Å²) in [5, 5.41) is 18.0. The highest BCUT2D eigenvalue weighted by molar-refractivity contribution is 5.91. The zero-order chi connectivity index (χ0) is 14.5. The second-order valence-electron chi connectivity index (χ2n) is 4.32. The van der Waals surface area contributed by atoms with Crippen LogP contribution in [0.15, 0.2) is 42.5 Å². The predicted molar refractivity (Wildman–Crippen MR) is 74.5 cm³/mol. The zero-order valence-corrected chi connectivity index (χ0v) is 10.7. The molecule has 2 aromatic carbocycles. The fraction of sp³-hybridized carbons (Fsp3) is 0.133. The number of rotatable bonds is 5. The van der Waals surface area contributed by atoms with E-state index in [9.17, 15) is 4.79 Å². The molecule has 0 radical (unpaired) electrons. The molecule has 0 atom stereocenters. The van der Waals surface area contributed by atoms with Crippen molar-refractivity contribution in [2.24, 2.45) is 0 Å². The first-order valence-corrected chi connectivity index (χ1v) is 6.04. The normalized spacial score (nSPS) is 10.2. The molecule has 0 aliphatic rings. The van der Waals surface area contributed by atoms with Crippen LogP contribution in [-0.4, -0.2) is 16.2 Å². The summed E-state index contributed by atoms with van der Waals surface area (Å²) in [5.41, 5.74) is 7.84. The Labute approximate surface area is 116 Å². The third-order valence-corrected chi connectivity index (χ3v) is 2.84. The smallest absolute Gasteiger partial charge is 0.339 e. The zero-order valence-electron chi connectivity index (χ0n) is 10.7. The van der Waals surface area contributed by atoms with Crippen molar-refractivity contribution in [2.45, 2.75) is 13.2 Å². The lowest BCUT2D eigenvalue weighted by atomic mass is 10.1. The summed E-state index contributed by atoms with van der Waals surface area (Å²) in [5.74, 6) is -0.820. The van der Waals surface area contributed by atoms with E-state index < -0.39 is 5.97 Å². The van der Waals surface area contributed by atoms with E-state index in [1.807, 2.05) is 12.1 Å². The van der Waals surface area contributed by atoms with Crippen molar-refractivity contribution in [3.8, 4) is 5.75 Å². The number of aliphatic hydroxyl groups is 1. The third kappa shape index (κ3) is 3.27. The second-order valence-corrected chi connectivity index (χ2v) is 4.32. The van der Waals surface area contributed by atoms with E-state index in [0.717, 1.165) is 11.1 Å². The van der Waals surface area contributed by atoms with Crippen LogP contribution in [0.25, 0.3) is 0 Å². The van der Waals surface area contributed by atoms with Crippen molar-refractivity contribution in [2.75, 3.05) is 5.73 Å². The van der Waals surface area contributed by atoms with Crippen LogP contribution in [0.4, 0.5) is 5.69 Å². The lowest BCUT2D eigenvalue weighted by Crippen LogP contribution is -2.04. The van der Waals surface area contributed by atoms with Crippen molar-refractivity contribution < 1.29 is 19.7 Å². The van der Waals surface area contributed by atoms with Crippen LogP contribution >= 0.6 is 0 Å². The molecule has 5 heteroatoms. The highest BCUT2D eigenvalue weighted by atomic mass is 16.5. The van der Waals surface area contributed by atoms with Crippen molar-refractivity contribution in [3.63, 3.8) is 0 Å². The Morgan fingerprint density at radius 1 is 1.10 bits per heavy atom. The number of hydrogen-bond acceptors (Lipinski definition) is 4. The van der Waals surface area contributed by atoms with Gasteiger partial charge in [0.2, 0.25) is 0 Å². The Bertz CT molecular complexity index is 608. The molecule has 0 aromatic heterocycles. The number of benzene rings is 2. The molecule has 4 N–H and O–H groups in total. The van der Waals surface area contributed by atoms with Gasteiger partial charge in [-0.3, -0.25) is 0 Å². The summed E-state index contributed by atoms with van der Waals surface area (Å²) in [6, 6.07) is 11.6. The molecular weight excluding hydrogens is 258 g/mol. The Hall–Kier alpha value is -2.53. The number of carboxylic acid groups (broad SMARTS) is 1. The van der Waals surface area contributed by atoms with Gasteiger partial charge in [0.15, 0.2) is 0 Å². The summed E-state index contributed by atoms with van der Waals surface area (Å²) >= 11 is 0. The first-order valence-electron chi connectivity index (χ1n) is 6.04. The maximum absolute atomic E-state index is 11.1. The molecule has 0 amide bonds. The fourth-order valence-electron chi connectivity index (χ4n) is 1.74. The van der Waals surface area contributed by atoms with Gasteiger partial charge in [0.05, 0.1) is 6.61 Å². The van der Waals surface area contributed by atoms with E-state index in [-0.39, 0.29) is 24.5 Å². The van der Waals surface area contributed by atoms with E-state index in [1.54, 1.807) is 12.1 Å². The average molecular weight is 273 g/mol. The van der Waals surface area contributed by atoms with Crippen LogP contribution < -0.4 is 10.5 Å². The molecule has 0 saturated heterocycles. The Morgan fingerprint density at radius 2 is 1.75 bits per heavy atom. The van der Waals surface area contributed by atoms with Gasteiger partial charge in [-0.25, -0.2) is 4.79 Å². The van der Waals surface area contributed by atoms with Crippen molar-refractivity contribution in [1.82, 2.24) is 0 Å². The Morgan fingerprint density at radius 3 is 2.35 bits per heavy atom. The number of nitrogens with two attached hydrogens (primary N) is 1. The molecule has 0 unspecified atom stereocenters. The van der Waals surface area contributed by atoms with Crippen LogP contribution in [-0.2, 0) is 13.2 Å². The average Bonchev–Trinajstić information content (AvgIpc) is 2.45. The van der Waals surface area contributed by atoms with Gasteiger partial charge in [-0.2, -0.15) is 0 Å². The first-order chi connectivity index (χ1) is 9.60. The van der Waals surface area contributed by atoms with E-state index in [0.29, 0.717) is 5.69 Å². The maximum Gasteiger partial charge on any atom is 0.339 e. The van der Waals surface area contributed by atoms with Crippen LogP contribution in [0.1, 0.15) is 21.5 Å². The maximum atomic E-state index is 11.1. The van der Waals surface area contributed by atoms with E-state index in [4.69, 9.17) is 20.7 Å². The number of anilines is 1. The Balaban J connectivity index is 2.13. The van der Waals surface area contributed by atoms with Crippen molar-refractivity contribution >= 4 is 11.7 Å². The minimum atomic E-state index is -1.06. The fourth-order valence-corrected chi connectivity index (χ4v) is 1.74. The minimum absolute atomic E-state index is 0.0144. The van der Waals surface area contributed by atoms with Gasteiger partial charge in [-0.1, -0.05) is 24.3 Å². The molecule has 0 fully saturated rings. The lowest BCUT2D eigenvalue weighted by molar-refractivity contribution is 0.0692. The van der Waals surface area contributed by atoms with Gasteiger partial charge in [0.25, 0.3) is 0 Å². The largest absolute Gasteiger partial charge is 0.488 e. The topological polar surface area (TPSA) is 92.8 Å². The van der Waals surface area contributed by atoms with Gasteiger partial charge in [0.1, 0.15) is 17.9 Å². The molecule has 5 nitrogen and oxygen atoms in total. The van der Waals surface area contributed by atoms with Gasteiger partial charge in [-0.15, -0.1) is 0 Å². The predicted octanol–water partition coefficient (Wildman–Crippen LogP) is 2.04. The molecule has 0 spiro atoms. The minimum Gasteiger partial charge on any atom is -0.488 e. The summed E-state index contributed by atoms with van der Waals surface area (Å²) in [4.78, 5) is 11.1. The van der Waals surface area contributed by atoms with E-state index in [1.165, 1.54) is 18.2 Å². The van der Waals surface area contributed by atoms with E-state index in [2.05, 4.69) is 0 Å². The number of ether oxygens (including phenoxy) is 1. The molecule has 104 valence electrons. The molecule has 0 saturated carbocycles. The van der Waals surface area contributed by atoms with E-state index >= 15 is 0 Å². The van der Waals surface area contributed by atoms with Crippen LogP contribution in [0.2, 0.25) is 0 Å². The number of carbonyl (C=O) groups is 1. The SMILES string of the molecule is Nc1ccc(C(=O)O)c(OCc2ccc(CO)cc2)c1. The second kappa shape index (κ2) is 6.08. The molecule has 2 rings (SSSR count). The summed E-state index contributed by atoms with van der Waals surface area (Å²) in [6.45, 7) is 0.217. The molecular formula is C15H15NO4. The van der Waals surface area contributed by atoms with Gasteiger partial charge in [-0.05, 0) is 23.3 Å². The van der Waals surface area contributed by atoms with Crippen LogP contribution in [0.3, 0.4) is 0 Å². The monoisotopic (exact) mass is 273 g/mol. The number of nitrogen functional groups attached to an aromatic ring is 1. The molecule has 0 heterocycles. The van der Waals surface area contributed by atoms with Gasteiger partial charge >= 0.3 is 5.97 Å². The number of hydrogen-bond donors (Lipinski definition) is 3. The molecule has 0 bridgehead atoms. The number of aromatic carboxylic acids is 1. The van der Waals surface area contributed by atoms with Gasteiger partial charge in [0, 0.05) is 11.8 Å². The number of carboxylic acids is 1. The van der Waals surface area contributed by atoms with Crippen molar-refractivity contribution in [1.29, 1.82) is 0 Å². The Kier molecular flexibility index (Phi) is 4.22. The molecule has 20 heavy (non-hydrogen) atoms. The number of aliphatic hydroxyl groups excluding tert-OH is 1. The standard InChI is InChI=1S/C15H15NO4/c16-12-5-6-13(15(18)19)14(7-12)20-9-11-3-1-10(8-17)2-4-11/h1-7,17H,8-9,16H2,(H,18,19). The summed E-state index contributed by atoms with van der Waals surface area (Å²) < 4.78 is 5.52. The third-order valence-electron chi connectivity index (χ3n) is 2.84. The first kappa shape index (κ1) is 13.9. The lowest BCUT2D eigenvalue weighted by Gasteiger charge is -2.10. The summed E-state index contributed by atoms with van der Waals surface area (Å²) in [6.07, 6.45) is 0.